The van der Waals surface area contributed by atoms with Crippen molar-refractivity contribution >= 4 is 22.6 Å². The topological polar surface area (TPSA) is 27.1 Å². The van der Waals surface area contributed by atoms with Crippen LogP contribution < -0.4 is 4.74 Å². The smallest absolute Gasteiger partial charge is 0.122 e. The molecule has 0 bridgehead atoms. The first-order chi connectivity index (χ1) is 13.6. The lowest BCUT2D eigenvalue weighted by Crippen LogP contribution is -2.12. The van der Waals surface area contributed by atoms with Crippen LogP contribution in [0.1, 0.15) is 22.5 Å². The molecule has 3 aromatic carbocycles. The molecule has 0 radical (unpaired) electrons. The molecule has 0 aliphatic rings. The molecule has 0 aliphatic heterocycles. The van der Waals surface area contributed by atoms with Gasteiger partial charge in [0.05, 0.1) is 17.6 Å². The largest absolute Gasteiger partial charge is 0.491 e. The molecule has 4 aromatic rings. The van der Waals surface area contributed by atoms with E-state index in [9.17, 15) is 0 Å². The number of hydrogen-bond acceptors (Lipinski definition) is 2. The molecule has 4 rings (SSSR count). The summed E-state index contributed by atoms with van der Waals surface area (Å²) in [5, 5.41) is 0.771. The third-order valence-corrected chi connectivity index (χ3v) is 5.32. The van der Waals surface area contributed by atoms with Crippen LogP contribution in [0, 0.1) is 13.8 Å². The van der Waals surface area contributed by atoms with Gasteiger partial charge in [-0.3, -0.25) is 0 Å². The van der Waals surface area contributed by atoms with E-state index in [1.807, 2.05) is 36.4 Å². The monoisotopic (exact) mass is 390 g/mol. The fraction of sp³-hybridized carbons (Fsp3) is 0.208. The van der Waals surface area contributed by atoms with Gasteiger partial charge >= 0.3 is 0 Å². The number of benzene rings is 3. The quantitative estimate of drug-likeness (QED) is 0.405. The summed E-state index contributed by atoms with van der Waals surface area (Å²) in [6.45, 7) is 5.47. The van der Waals surface area contributed by atoms with E-state index in [2.05, 4.69) is 48.7 Å². The number of imidazole rings is 1. The zero-order chi connectivity index (χ0) is 19.5. The van der Waals surface area contributed by atoms with Gasteiger partial charge in [-0.2, -0.15) is 0 Å². The summed E-state index contributed by atoms with van der Waals surface area (Å²) in [4.78, 5) is 4.86. The summed E-state index contributed by atoms with van der Waals surface area (Å²) in [6, 6.07) is 22.5. The number of fused-ring (bicyclic) bond motifs is 1. The van der Waals surface area contributed by atoms with Crippen LogP contribution in [-0.4, -0.2) is 16.2 Å². The minimum absolute atomic E-state index is 0.584. The molecule has 0 saturated carbocycles. The lowest BCUT2D eigenvalue weighted by Gasteiger charge is -2.13. The molecule has 4 heteroatoms. The SMILES string of the molecule is Cc1ccc(C)c(OCCn2c(Cc3ccccc3Cl)nc3ccccc32)c1. The third kappa shape index (κ3) is 3.90. The minimum Gasteiger partial charge on any atom is -0.491 e. The second kappa shape index (κ2) is 8.07. The average Bonchev–Trinajstić information content (AvgIpc) is 3.04. The molecule has 0 spiro atoms. The molecule has 142 valence electrons. The summed E-state index contributed by atoms with van der Waals surface area (Å²) >= 11 is 6.38. The van der Waals surface area contributed by atoms with Gasteiger partial charge in [0.15, 0.2) is 0 Å². The Labute approximate surface area is 170 Å². The maximum Gasteiger partial charge on any atom is 0.122 e. The molecular weight excluding hydrogens is 368 g/mol. The van der Waals surface area contributed by atoms with Gasteiger partial charge in [-0.05, 0) is 54.8 Å². The number of para-hydroxylation sites is 2. The number of halogens is 1. The van der Waals surface area contributed by atoms with Crippen molar-refractivity contribution < 1.29 is 4.74 Å². The van der Waals surface area contributed by atoms with Crippen molar-refractivity contribution in [3.8, 4) is 5.75 Å². The summed E-state index contributed by atoms with van der Waals surface area (Å²) in [5.41, 5.74) is 5.55. The van der Waals surface area contributed by atoms with Crippen molar-refractivity contribution in [3.05, 3.63) is 94.3 Å². The Morgan fingerprint density at radius 2 is 1.75 bits per heavy atom. The summed E-state index contributed by atoms with van der Waals surface area (Å²) in [6.07, 6.45) is 0.692. The van der Waals surface area contributed by atoms with E-state index in [-0.39, 0.29) is 0 Å². The molecule has 0 aliphatic carbocycles. The number of aromatic nitrogens is 2. The molecule has 28 heavy (non-hydrogen) atoms. The van der Waals surface area contributed by atoms with Crippen LogP contribution >= 0.6 is 11.6 Å². The summed E-state index contributed by atoms with van der Waals surface area (Å²) < 4.78 is 8.33. The van der Waals surface area contributed by atoms with Gasteiger partial charge in [-0.1, -0.05) is 54.1 Å². The second-order valence-electron chi connectivity index (χ2n) is 7.05. The van der Waals surface area contributed by atoms with E-state index in [0.717, 1.165) is 45.3 Å². The number of hydrogen-bond donors (Lipinski definition) is 0. The van der Waals surface area contributed by atoms with Crippen molar-refractivity contribution in [2.45, 2.75) is 26.8 Å². The van der Waals surface area contributed by atoms with Crippen LogP contribution in [-0.2, 0) is 13.0 Å². The van der Waals surface area contributed by atoms with Crippen LogP contribution in [0.3, 0.4) is 0 Å². The summed E-state index contributed by atoms with van der Waals surface area (Å²) in [5.74, 6) is 1.94. The van der Waals surface area contributed by atoms with Crippen molar-refractivity contribution in [2.75, 3.05) is 6.61 Å². The molecule has 1 heterocycles. The van der Waals surface area contributed by atoms with Gasteiger partial charge < -0.3 is 9.30 Å². The van der Waals surface area contributed by atoms with Gasteiger partial charge in [0, 0.05) is 11.4 Å². The van der Waals surface area contributed by atoms with Crippen molar-refractivity contribution in [1.29, 1.82) is 0 Å². The number of aryl methyl sites for hydroxylation is 2. The van der Waals surface area contributed by atoms with Gasteiger partial charge in [-0.15, -0.1) is 0 Å². The van der Waals surface area contributed by atoms with Crippen LogP contribution in [0.5, 0.6) is 5.75 Å². The number of nitrogens with zero attached hydrogens (tertiary/aromatic N) is 2. The van der Waals surface area contributed by atoms with Crippen LogP contribution in [0.2, 0.25) is 5.02 Å². The lowest BCUT2D eigenvalue weighted by atomic mass is 10.1. The van der Waals surface area contributed by atoms with Crippen molar-refractivity contribution in [3.63, 3.8) is 0 Å². The van der Waals surface area contributed by atoms with Crippen LogP contribution in [0.25, 0.3) is 11.0 Å². The Morgan fingerprint density at radius 3 is 2.61 bits per heavy atom. The fourth-order valence-electron chi connectivity index (χ4n) is 3.43. The third-order valence-electron chi connectivity index (χ3n) is 4.96. The Hall–Kier alpha value is -2.78. The first-order valence-corrected chi connectivity index (χ1v) is 9.87. The van der Waals surface area contributed by atoms with Gasteiger partial charge in [0.25, 0.3) is 0 Å². The van der Waals surface area contributed by atoms with Crippen molar-refractivity contribution in [2.24, 2.45) is 0 Å². The Bertz CT molecular complexity index is 1120. The lowest BCUT2D eigenvalue weighted by molar-refractivity contribution is 0.296. The highest BCUT2D eigenvalue weighted by atomic mass is 35.5. The summed E-state index contributed by atoms with van der Waals surface area (Å²) in [7, 11) is 0. The molecule has 0 unspecified atom stereocenters. The van der Waals surface area contributed by atoms with Crippen LogP contribution in [0.15, 0.2) is 66.7 Å². The zero-order valence-corrected chi connectivity index (χ0v) is 16.9. The first-order valence-electron chi connectivity index (χ1n) is 9.49. The molecule has 0 N–H and O–H groups in total. The van der Waals surface area contributed by atoms with E-state index in [4.69, 9.17) is 21.3 Å². The predicted molar refractivity (Wildman–Crippen MR) is 115 cm³/mol. The van der Waals surface area contributed by atoms with E-state index in [0.29, 0.717) is 13.0 Å². The molecule has 0 amide bonds. The van der Waals surface area contributed by atoms with Gasteiger partial charge in [0.2, 0.25) is 0 Å². The van der Waals surface area contributed by atoms with Crippen LogP contribution in [0.4, 0.5) is 0 Å². The molecule has 0 saturated heterocycles. The molecule has 3 nitrogen and oxygen atoms in total. The second-order valence-corrected chi connectivity index (χ2v) is 7.46. The molecule has 0 fully saturated rings. The minimum atomic E-state index is 0.584. The Balaban J connectivity index is 1.60. The van der Waals surface area contributed by atoms with Gasteiger partial charge in [0.1, 0.15) is 18.2 Å². The highest BCUT2D eigenvalue weighted by Gasteiger charge is 2.13. The fourth-order valence-corrected chi connectivity index (χ4v) is 3.63. The van der Waals surface area contributed by atoms with E-state index in [1.165, 1.54) is 5.56 Å². The molecule has 0 atom stereocenters. The Morgan fingerprint density at radius 1 is 0.964 bits per heavy atom. The maximum atomic E-state index is 6.38. The van der Waals surface area contributed by atoms with Crippen molar-refractivity contribution in [1.82, 2.24) is 9.55 Å². The van der Waals surface area contributed by atoms with E-state index in [1.54, 1.807) is 0 Å². The number of rotatable bonds is 6. The highest BCUT2D eigenvalue weighted by molar-refractivity contribution is 6.31. The van der Waals surface area contributed by atoms with Gasteiger partial charge in [-0.25, -0.2) is 4.98 Å². The first kappa shape index (κ1) is 18.6. The number of ether oxygens (including phenoxy) is 1. The molecule has 1 aromatic heterocycles. The maximum absolute atomic E-state index is 6.38. The highest BCUT2D eigenvalue weighted by Crippen LogP contribution is 2.23. The van der Waals surface area contributed by atoms with E-state index >= 15 is 0 Å². The average molecular weight is 391 g/mol. The standard InChI is InChI=1S/C24H23ClN2O/c1-17-11-12-18(2)23(15-17)28-14-13-27-22-10-6-5-9-21(22)26-24(27)16-19-7-3-4-8-20(19)25/h3-12,15H,13-14,16H2,1-2H3. The predicted octanol–water partition coefficient (Wildman–Crippen LogP) is 5.98. The van der Waals surface area contributed by atoms with E-state index < -0.39 is 0 Å². The normalized spacial score (nSPS) is 11.1. The molecular formula is C24H23ClN2O. The Kier molecular flexibility index (Phi) is 5.36. The zero-order valence-electron chi connectivity index (χ0n) is 16.2.